The Balaban J connectivity index is 3.13. The van der Waals surface area contributed by atoms with E-state index in [1.807, 2.05) is 34.6 Å². The Morgan fingerprint density at radius 1 is 0.848 bits per heavy atom. The topological polar surface area (TPSA) is 122 Å². The summed E-state index contributed by atoms with van der Waals surface area (Å²) >= 11 is 0. The lowest BCUT2D eigenvalue weighted by atomic mass is 10.1. The molecule has 0 atom stereocenters. The molecule has 186 valence electrons. The van der Waals surface area contributed by atoms with Gasteiger partial charge in [-0.15, -0.1) is 0 Å². The molecule has 0 aliphatic heterocycles. The predicted molar refractivity (Wildman–Crippen MR) is 126 cm³/mol. The van der Waals surface area contributed by atoms with Crippen molar-refractivity contribution in [2.45, 2.75) is 60.3 Å². The number of aromatic hydroxyl groups is 2. The number of imide groups is 2. The fourth-order valence-corrected chi connectivity index (χ4v) is 3.25. The van der Waals surface area contributed by atoms with Gasteiger partial charge in [-0.25, -0.2) is 24.2 Å². The molecule has 0 radical (unpaired) electrons. The van der Waals surface area contributed by atoms with Crippen LogP contribution >= 0.6 is 0 Å². The van der Waals surface area contributed by atoms with Gasteiger partial charge in [0.1, 0.15) is 0 Å². The van der Waals surface area contributed by atoms with Crippen LogP contribution in [-0.2, 0) is 6.42 Å². The van der Waals surface area contributed by atoms with E-state index < -0.39 is 18.2 Å². The minimum absolute atomic E-state index is 0.0161. The number of urea groups is 2. The zero-order chi connectivity index (χ0) is 25.1. The highest BCUT2D eigenvalue weighted by Crippen LogP contribution is 2.28. The molecule has 0 saturated carbocycles. The van der Waals surface area contributed by atoms with Crippen molar-refractivity contribution in [1.29, 1.82) is 0 Å². The first-order valence-corrected chi connectivity index (χ1v) is 11.6. The molecule has 33 heavy (non-hydrogen) atoms. The van der Waals surface area contributed by atoms with E-state index in [9.17, 15) is 29.7 Å². The number of rotatable bonds is 11. The Labute approximate surface area is 196 Å². The number of carboxylic acid groups (broad SMARTS) is 1. The van der Waals surface area contributed by atoms with Gasteiger partial charge in [-0.05, 0) is 49.1 Å². The Kier molecular flexibility index (Phi) is 11.5. The Hall–Kier alpha value is -2.97. The van der Waals surface area contributed by atoms with Crippen LogP contribution in [0.5, 0.6) is 11.5 Å². The molecule has 0 aromatic heterocycles. The average molecular weight is 466 g/mol. The van der Waals surface area contributed by atoms with Crippen LogP contribution in [-0.4, -0.2) is 74.4 Å². The number of carbonyl (C=O) groups is 3. The minimum Gasteiger partial charge on any atom is -0.504 e. The second-order valence-corrected chi connectivity index (χ2v) is 9.04. The van der Waals surface area contributed by atoms with Gasteiger partial charge in [0, 0.05) is 26.2 Å². The van der Waals surface area contributed by atoms with E-state index in [2.05, 4.69) is 0 Å². The predicted octanol–water partition coefficient (Wildman–Crippen LogP) is 4.97. The molecule has 0 fully saturated rings. The van der Waals surface area contributed by atoms with Crippen LogP contribution in [0.3, 0.4) is 0 Å². The van der Waals surface area contributed by atoms with Gasteiger partial charge in [0.25, 0.3) is 0 Å². The summed E-state index contributed by atoms with van der Waals surface area (Å²) in [6.07, 6.45) is 0.575. The first-order valence-electron chi connectivity index (χ1n) is 11.6. The molecule has 0 saturated heterocycles. The lowest BCUT2D eigenvalue weighted by molar-refractivity contribution is 0.118. The summed E-state index contributed by atoms with van der Waals surface area (Å²) in [6, 6.07) is 3.24. The third-order valence-corrected chi connectivity index (χ3v) is 5.30. The molecule has 0 bridgehead atoms. The lowest BCUT2D eigenvalue weighted by Gasteiger charge is -2.32. The monoisotopic (exact) mass is 465 g/mol. The average Bonchev–Trinajstić information content (AvgIpc) is 2.73. The van der Waals surface area contributed by atoms with Crippen molar-refractivity contribution in [2.24, 2.45) is 11.8 Å². The fraction of sp³-hybridized carbons (Fsp3) is 0.625. The SMILES string of the molecule is CCCN(CCc1cccc(O)c1O)C(=O)N(CCC(C)C)C(=O)N(CCC(C)C)C(=O)O. The summed E-state index contributed by atoms with van der Waals surface area (Å²) in [4.78, 5) is 41.6. The Morgan fingerprint density at radius 2 is 1.42 bits per heavy atom. The van der Waals surface area contributed by atoms with Crippen LogP contribution in [0.2, 0.25) is 0 Å². The zero-order valence-corrected chi connectivity index (χ0v) is 20.5. The highest BCUT2D eigenvalue weighted by atomic mass is 16.4. The van der Waals surface area contributed by atoms with E-state index in [0.717, 1.165) is 4.90 Å². The number of phenolic OH excluding ortho intramolecular Hbond substituents is 2. The number of para-hydroxylation sites is 1. The maximum absolute atomic E-state index is 13.4. The van der Waals surface area contributed by atoms with Crippen LogP contribution in [0, 0.1) is 11.8 Å². The fourth-order valence-electron chi connectivity index (χ4n) is 3.25. The summed E-state index contributed by atoms with van der Waals surface area (Å²) in [5, 5.41) is 29.4. The van der Waals surface area contributed by atoms with E-state index in [0.29, 0.717) is 36.3 Å². The number of hydrogen-bond acceptors (Lipinski definition) is 5. The number of hydrogen-bond donors (Lipinski definition) is 3. The van der Waals surface area contributed by atoms with Crippen LogP contribution in [0.15, 0.2) is 18.2 Å². The number of carbonyl (C=O) groups excluding carboxylic acids is 2. The van der Waals surface area contributed by atoms with Gasteiger partial charge < -0.3 is 20.2 Å². The van der Waals surface area contributed by atoms with Gasteiger partial charge in [-0.3, -0.25) is 0 Å². The second-order valence-electron chi connectivity index (χ2n) is 9.04. The molecule has 0 aliphatic rings. The third kappa shape index (κ3) is 8.82. The van der Waals surface area contributed by atoms with Crippen molar-refractivity contribution in [1.82, 2.24) is 14.7 Å². The van der Waals surface area contributed by atoms with Gasteiger partial charge in [0.05, 0.1) is 0 Å². The first-order chi connectivity index (χ1) is 15.5. The minimum atomic E-state index is -1.38. The number of benzene rings is 1. The molecule has 3 N–H and O–H groups in total. The highest BCUT2D eigenvalue weighted by Gasteiger charge is 2.33. The van der Waals surface area contributed by atoms with Gasteiger partial charge >= 0.3 is 18.2 Å². The smallest absolute Gasteiger partial charge is 0.415 e. The summed E-state index contributed by atoms with van der Waals surface area (Å²) in [5.41, 5.74) is 0.480. The molecule has 0 heterocycles. The lowest BCUT2D eigenvalue weighted by Crippen LogP contribution is -2.54. The maximum Gasteiger partial charge on any atom is 0.415 e. The summed E-state index contributed by atoms with van der Waals surface area (Å²) in [7, 11) is 0. The van der Waals surface area contributed by atoms with E-state index in [4.69, 9.17) is 0 Å². The molecule has 0 unspecified atom stereocenters. The van der Waals surface area contributed by atoms with E-state index >= 15 is 0 Å². The van der Waals surface area contributed by atoms with Gasteiger partial charge in [0.15, 0.2) is 11.5 Å². The van der Waals surface area contributed by atoms with Gasteiger partial charge in [-0.2, -0.15) is 0 Å². The van der Waals surface area contributed by atoms with Gasteiger partial charge in [-0.1, -0.05) is 46.8 Å². The zero-order valence-electron chi connectivity index (χ0n) is 20.5. The summed E-state index contributed by atoms with van der Waals surface area (Å²) in [5.74, 6) is -0.0614. The molecule has 0 aliphatic carbocycles. The Bertz CT molecular complexity index is 796. The van der Waals surface area contributed by atoms with E-state index in [1.165, 1.54) is 11.0 Å². The third-order valence-electron chi connectivity index (χ3n) is 5.30. The number of nitrogens with zero attached hydrogens (tertiary/aromatic N) is 3. The maximum atomic E-state index is 13.4. The normalized spacial score (nSPS) is 11.0. The van der Waals surface area contributed by atoms with Crippen molar-refractivity contribution in [3.05, 3.63) is 23.8 Å². The van der Waals surface area contributed by atoms with E-state index in [-0.39, 0.29) is 49.4 Å². The molecular formula is C24H39N3O6. The van der Waals surface area contributed by atoms with Crippen LogP contribution < -0.4 is 0 Å². The van der Waals surface area contributed by atoms with Crippen LogP contribution in [0.4, 0.5) is 14.4 Å². The standard InChI is InChI=1S/C24H39N3O6/c1-6-13-25(14-12-19-8-7-9-20(28)21(19)29)22(30)26(15-10-17(2)3)23(31)27(24(32)33)16-11-18(4)5/h7-9,17-18,28-29H,6,10-16H2,1-5H3,(H,32,33). The van der Waals surface area contributed by atoms with Crippen molar-refractivity contribution in [3.8, 4) is 11.5 Å². The molecule has 1 aromatic carbocycles. The van der Waals surface area contributed by atoms with Crippen LogP contribution in [0.25, 0.3) is 0 Å². The van der Waals surface area contributed by atoms with Crippen molar-refractivity contribution in [2.75, 3.05) is 26.2 Å². The molecule has 9 nitrogen and oxygen atoms in total. The summed E-state index contributed by atoms with van der Waals surface area (Å²) < 4.78 is 0. The van der Waals surface area contributed by atoms with Crippen molar-refractivity contribution < 1.29 is 29.7 Å². The Morgan fingerprint density at radius 3 is 1.94 bits per heavy atom. The molecule has 9 heteroatoms. The second kappa shape index (κ2) is 13.5. The van der Waals surface area contributed by atoms with Gasteiger partial charge in [0.2, 0.25) is 0 Å². The quantitative estimate of drug-likeness (QED) is 0.397. The number of phenols is 2. The first kappa shape index (κ1) is 28.1. The van der Waals surface area contributed by atoms with Crippen molar-refractivity contribution in [3.63, 3.8) is 0 Å². The van der Waals surface area contributed by atoms with Crippen molar-refractivity contribution >= 4 is 18.2 Å². The van der Waals surface area contributed by atoms with E-state index in [1.54, 1.807) is 12.1 Å². The molecular weight excluding hydrogens is 426 g/mol. The number of amides is 5. The largest absolute Gasteiger partial charge is 0.504 e. The molecule has 5 amide bonds. The van der Waals surface area contributed by atoms with Crippen LogP contribution in [0.1, 0.15) is 59.4 Å². The molecule has 0 spiro atoms. The molecule has 1 rings (SSSR count). The molecule has 1 aromatic rings. The summed E-state index contributed by atoms with van der Waals surface area (Å²) in [6.45, 7) is 10.4. The highest BCUT2D eigenvalue weighted by molar-refractivity contribution is 5.99.